The minimum Gasteiger partial charge on any atom is -0.294 e. The zero-order valence-electron chi connectivity index (χ0n) is 12.1. The first-order valence-electron chi connectivity index (χ1n) is 7.04. The summed E-state index contributed by atoms with van der Waals surface area (Å²) in [4.78, 5) is 14.6. The van der Waals surface area contributed by atoms with Gasteiger partial charge in [-0.05, 0) is 37.5 Å². The minimum absolute atomic E-state index is 0.254. The molecular weight excluding hydrogens is 254 g/mol. The molecule has 1 fully saturated rings. The third kappa shape index (κ3) is 3.83. The van der Waals surface area contributed by atoms with E-state index in [2.05, 4.69) is 25.7 Å². The lowest BCUT2D eigenvalue weighted by Crippen LogP contribution is -2.40. The molecule has 0 spiro atoms. The van der Waals surface area contributed by atoms with Crippen LogP contribution in [0.15, 0.2) is 18.2 Å². The highest BCUT2D eigenvalue weighted by Gasteiger charge is 2.21. The number of Topliss-reactive ketones (excluding diaryl/α,β-unsaturated/α-hetero) is 1. The highest BCUT2D eigenvalue weighted by atomic mass is 32.2. The smallest absolute Gasteiger partial charge is 0.176 e. The number of carbonyl (C=O) groups excluding carboxylic acids is 1. The number of hydrogen-bond acceptors (Lipinski definition) is 3. The van der Waals surface area contributed by atoms with Gasteiger partial charge in [0.2, 0.25) is 0 Å². The first-order chi connectivity index (χ1) is 9.10. The Morgan fingerprint density at radius 1 is 1.37 bits per heavy atom. The van der Waals surface area contributed by atoms with Crippen molar-refractivity contribution in [2.75, 3.05) is 25.4 Å². The van der Waals surface area contributed by atoms with Crippen molar-refractivity contribution in [3.8, 4) is 0 Å². The molecule has 0 radical (unpaired) electrons. The molecule has 0 aromatic heterocycles. The summed E-state index contributed by atoms with van der Waals surface area (Å²) in [6.45, 7) is 9.04. The molecule has 104 valence electrons. The summed E-state index contributed by atoms with van der Waals surface area (Å²) in [6, 6.07) is 6.03. The van der Waals surface area contributed by atoms with E-state index in [-0.39, 0.29) is 5.78 Å². The fraction of sp³-hybridized carbons (Fsp3) is 0.562. The number of ketones is 1. The van der Waals surface area contributed by atoms with E-state index >= 15 is 0 Å². The summed E-state index contributed by atoms with van der Waals surface area (Å²) in [5, 5.41) is 0.696. The zero-order chi connectivity index (χ0) is 13.8. The van der Waals surface area contributed by atoms with Crippen LogP contribution in [0.2, 0.25) is 0 Å². The average molecular weight is 277 g/mol. The standard InChI is InChI=1S/C16H23NOS/c1-4-15-10-17(7-8-19-15)11-16(18)14-6-5-12(2)13(3)9-14/h5-6,9,15H,4,7-8,10-11H2,1-3H3. The van der Waals surface area contributed by atoms with Crippen molar-refractivity contribution >= 4 is 17.5 Å². The monoisotopic (exact) mass is 277 g/mol. The molecule has 0 amide bonds. The van der Waals surface area contributed by atoms with Crippen LogP contribution in [0.3, 0.4) is 0 Å². The van der Waals surface area contributed by atoms with Crippen LogP contribution in [0.4, 0.5) is 0 Å². The molecule has 1 unspecified atom stereocenters. The van der Waals surface area contributed by atoms with Gasteiger partial charge in [0, 0.05) is 29.7 Å². The van der Waals surface area contributed by atoms with Crippen molar-refractivity contribution in [2.45, 2.75) is 32.4 Å². The molecule has 0 aliphatic carbocycles. The summed E-state index contributed by atoms with van der Waals surface area (Å²) < 4.78 is 0. The number of nitrogens with zero attached hydrogens (tertiary/aromatic N) is 1. The topological polar surface area (TPSA) is 20.3 Å². The number of thioether (sulfide) groups is 1. The molecule has 19 heavy (non-hydrogen) atoms. The predicted octanol–water partition coefficient (Wildman–Crippen LogP) is 3.31. The lowest BCUT2D eigenvalue weighted by atomic mass is 10.0. The molecule has 2 nitrogen and oxygen atoms in total. The first-order valence-corrected chi connectivity index (χ1v) is 8.09. The average Bonchev–Trinajstić information content (AvgIpc) is 2.42. The summed E-state index contributed by atoms with van der Waals surface area (Å²) in [5.74, 6) is 1.41. The van der Waals surface area contributed by atoms with Crippen molar-refractivity contribution in [1.29, 1.82) is 0 Å². The van der Waals surface area contributed by atoms with Crippen molar-refractivity contribution in [2.24, 2.45) is 0 Å². The van der Waals surface area contributed by atoms with Crippen molar-refractivity contribution in [3.63, 3.8) is 0 Å². The number of aryl methyl sites for hydroxylation is 2. The predicted molar refractivity (Wildman–Crippen MR) is 83.2 cm³/mol. The van der Waals surface area contributed by atoms with Crippen LogP contribution in [0, 0.1) is 13.8 Å². The highest BCUT2D eigenvalue weighted by molar-refractivity contribution is 8.00. The molecule has 1 aromatic carbocycles. The largest absolute Gasteiger partial charge is 0.294 e. The van der Waals surface area contributed by atoms with E-state index in [1.54, 1.807) is 0 Å². The summed E-state index contributed by atoms with van der Waals surface area (Å²) in [7, 11) is 0. The van der Waals surface area contributed by atoms with Gasteiger partial charge in [0.1, 0.15) is 0 Å². The van der Waals surface area contributed by atoms with Gasteiger partial charge in [0.05, 0.1) is 6.54 Å². The van der Waals surface area contributed by atoms with Gasteiger partial charge in [-0.25, -0.2) is 0 Å². The van der Waals surface area contributed by atoms with Crippen LogP contribution in [-0.2, 0) is 0 Å². The van der Waals surface area contributed by atoms with Gasteiger partial charge in [-0.3, -0.25) is 9.69 Å². The third-order valence-electron chi connectivity index (χ3n) is 3.87. The van der Waals surface area contributed by atoms with Gasteiger partial charge in [-0.1, -0.05) is 19.1 Å². The molecule has 0 bridgehead atoms. The van der Waals surface area contributed by atoms with Crippen LogP contribution in [0.25, 0.3) is 0 Å². The van der Waals surface area contributed by atoms with Gasteiger partial charge in [0.15, 0.2) is 5.78 Å². The second-order valence-corrected chi connectivity index (χ2v) is 6.77. The molecule has 1 aliphatic rings. The fourth-order valence-electron chi connectivity index (χ4n) is 2.38. The molecule has 1 atom stereocenters. The fourth-order valence-corrected chi connectivity index (χ4v) is 3.63. The Bertz CT molecular complexity index is 458. The molecule has 1 saturated heterocycles. The van der Waals surface area contributed by atoms with E-state index in [0.29, 0.717) is 11.8 Å². The maximum absolute atomic E-state index is 12.3. The van der Waals surface area contributed by atoms with Gasteiger partial charge in [0.25, 0.3) is 0 Å². The van der Waals surface area contributed by atoms with Crippen LogP contribution in [0.1, 0.15) is 34.8 Å². The SMILES string of the molecule is CCC1CN(CC(=O)c2ccc(C)c(C)c2)CCS1. The Balaban J connectivity index is 1.98. The van der Waals surface area contributed by atoms with Crippen molar-refractivity contribution in [3.05, 3.63) is 34.9 Å². The lowest BCUT2D eigenvalue weighted by molar-refractivity contribution is 0.0932. The van der Waals surface area contributed by atoms with Crippen LogP contribution in [0.5, 0.6) is 0 Å². The summed E-state index contributed by atoms with van der Waals surface area (Å²) >= 11 is 2.04. The van der Waals surface area contributed by atoms with E-state index < -0.39 is 0 Å². The Hall–Kier alpha value is -0.800. The van der Waals surface area contributed by atoms with E-state index in [1.807, 2.05) is 30.0 Å². The third-order valence-corrected chi connectivity index (χ3v) is 5.25. The molecular formula is C16H23NOS. The molecule has 1 aromatic rings. The maximum atomic E-state index is 12.3. The van der Waals surface area contributed by atoms with E-state index in [9.17, 15) is 4.79 Å². The number of benzene rings is 1. The summed E-state index contributed by atoms with van der Waals surface area (Å²) in [5.41, 5.74) is 3.30. The normalized spacial score (nSPS) is 20.5. The van der Waals surface area contributed by atoms with E-state index in [4.69, 9.17) is 0 Å². The Morgan fingerprint density at radius 2 is 2.16 bits per heavy atom. The van der Waals surface area contributed by atoms with Crippen molar-refractivity contribution in [1.82, 2.24) is 4.90 Å². The van der Waals surface area contributed by atoms with Gasteiger partial charge >= 0.3 is 0 Å². The maximum Gasteiger partial charge on any atom is 0.176 e. The molecule has 1 aliphatic heterocycles. The van der Waals surface area contributed by atoms with Crippen LogP contribution >= 0.6 is 11.8 Å². The van der Waals surface area contributed by atoms with Gasteiger partial charge in [-0.2, -0.15) is 11.8 Å². The van der Waals surface area contributed by atoms with Gasteiger partial charge < -0.3 is 0 Å². The molecule has 3 heteroatoms. The second-order valence-electron chi connectivity index (χ2n) is 5.36. The Labute approximate surface area is 120 Å². The first kappa shape index (κ1) is 14.6. The minimum atomic E-state index is 0.254. The second kappa shape index (κ2) is 6.58. The lowest BCUT2D eigenvalue weighted by Gasteiger charge is -2.31. The molecule has 1 heterocycles. The highest BCUT2D eigenvalue weighted by Crippen LogP contribution is 2.21. The van der Waals surface area contributed by atoms with Crippen LogP contribution in [-0.4, -0.2) is 41.3 Å². The quantitative estimate of drug-likeness (QED) is 0.788. The van der Waals surface area contributed by atoms with E-state index in [0.717, 1.165) is 24.4 Å². The molecule has 0 N–H and O–H groups in total. The number of rotatable bonds is 4. The molecule has 0 saturated carbocycles. The van der Waals surface area contributed by atoms with Crippen molar-refractivity contribution < 1.29 is 4.79 Å². The number of carbonyl (C=O) groups is 1. The summed E-state index contributed by atoms with van der Waals surface area (Å²) in [6.07, 6.45) is 1.19. The zero-order valence-corrected chi connectivity index (χ0v) is 12.9. The van der Waals surface area contributed by atoms with E-state index in [1.165, 1.54) is 17.5 Å². The Morgan fingerprint density at radius 3 is 2.84 bits per heavy atom. The Kier molecular flexibility index (Phi) is 5.06. The van der Waals surface area contributed by atoms with Crippen LogP contribution < -0.4 is 0 Å². The number of hydrogen-bond donors (Lipinski definition) is 0. The molecule has 2 rings (SSSR count). The van der Waals surface area contributed by atoms with Gasteiger partial charge in [-0.15, -0.1) is 0 Å².